The molecule has 1 aromatic rings. The van der Waals surface area contributed by atoms with Crippen LogP contribution in [0.25, 0.3) is 0 Å². The van der Waals surface area contributed by atoms with E-state index in [-0.39, 0.29) is 0 Å². The molecule has 5 heavy (non-hydrogen) atoms. The van der Waals surface area contributed by atoms with Crippen LogP contribution < -0.4 is 0 Å². The van der Waals surface area contributed by atoms with Gasteiger partial charge in [-0.1, -0.05) is 0 Å². The second-order valence-corrected chi connectivity index (χ2v) is 0.660. The molecule has 24 valence electrons. The van der Waals surface area contributed by atoms with Gasteiger partial charge in [-0.2, -0.15) is 0 Å². The molecule has 1 aromatic heterocycles. The Balaban J connectivity index is 3.13. The normalized spacial score (nSPS) is 7.20. The van der Waals surface area contributed by atoms with E-state index >= 15 is 0 Å². The zero-order valence-electron chi connectivity index (χ0n) is 2.55. The van der Waals surface area contributed by atoms with E-state index < -0.39 is 0 Å². The number of nitrogens with zero attached hydrogens (tertiary/aromatic N) is 2. The molecule has 0 aliphatic carbocycles. The van der Waals surface area contributed by atoms with Crippen molar-refractivity contribution in [3.05, 3.63) is 6.09 Å². The van der Waals surface area contributed by atoms with E-state index in [4.69, 9.17) is 0 Å². The molecule has 1 N–H and O–H groups in total. The Hall–Kier alpha value is -0.665. The van der Waals surface area contributed by atoms with Crippen molar-refractivity contribution in [2.24, 2.45) is 0 Å². The summed E-state index contributed by atoms with van der Waals surface area (Å²) in [6, 6.07) is 0. The SMILES string of the molecule is b1c[nH]nn1. The number of aromatic nitrogens is 3. The van der Waals surface area contributed by atoms with Crippen LogP contribution in [0, 0.1) is 0 Å². The van der Waals surface area contributed by atoms with Crippen molar-refractivity contribution in [1.82, 2.24) is 15.3 Å². The third-order valence-corrected chi connectivity index (χ3v) is 0.331. The van der Waals surface area contributed by atoms with Crippen LogP contribution in [0.15, 0.2) is 6.09 Å². The third-order valence-electron chi connectivity index (χ3n) is 0.331. The van der Waals surface area contributed by atoms with E-state index in [1.807, 2.05) is 0 Å². The van der Waals surface area contributed by atoms with E-state index in [2.05, 4.69) is 15.3 Å². The molecule has 0 atom stereocenters. The van der Waals surface area contributed by atoms with Crippen LogP contribution in [0.3, 0.4) is 0 Å². The second-order valence-electron chi connectivity index (χ2n) is 0.660. The predicted octanol–water partition coefficient (Wildman–Crippen LogP) is -0.857. The summed E-state index contributed by atoms with van der Waals surface area (Å²) in [5.74, 6) is 0. The number of hydrogen-bond donors (Lipinski definition) is 1. The molecule has 0 saturated heterocycles. The van der Waals surface area contributed by atoms with Crippen molar-refractivity contribution in [3.8, 4) is 0 Å². The molecular formula is CH2BN3. The topological polar surface area (TPSA) is 41.6 Å². The van der Waals surface area contributed by atoms with Crippen LogP contribution in [-0.2, 0) is 0 Å². The summed E-state index contributed by atoms with van der Waals surface area (Å²) in [7, 11) is 1.58. The average Bonchev–Trinajstić information content (AvgIpc) is 1.76. The Bertz CT molecular complexity index is 63.4. The first kappa shape index (κ1) is 2.57. The summed E-state index contributed by atoms with van der Waals surface area (Å²) in [6.45, 7) is 0. The van der Waals surface area contributed by atoms with Gasteiger partial charge in [-0.15, -0.1) is 0 Å². The van der Waals surface area contributed by atoms with Crippen molar-refractivity contribution in [2.45, 2.75) is 0 Å². The standard InChI is InChI=1S/CH2BN3/c1-2-4-5-3-1/h1H,(H,3,4). The molecule has 0 spiro atoms. The number of hydrogen-bond acceptors (Lipinski definition) is 2. The Morgan fingerprint density at radius 1 is 1.80 bits per heavy atom. The van der Waals surface area contributed by atoms with E-state index in [0.29, 0.717) is 0 Å². The molecule has 1 heterocycles. The molecule has 0 saturated carbocycles. The third kappa shape index (κ3) is 0.316. The molecule has 0 aliphatic rings. The van der Waals surface area contributed by atoms with Gasteiger partial charge in [-0.3, -0.25) is 0 Å². The summed E-state index contributed by atoms with van der Waals surface area (Å²) in [5, 5.41) is 9.26. The first-order valence-electron chi connectivity index (χ1n) is 1.30. The van der Waals surface area contributed by atoms with Gasteiger partial charge in [-0.25, -0.2) is 0 Å². The van der Waals surface area contributed by atoms with Crippen LogP contribution in [0.5, 0.6) is 0 Å². The van der Waals surface area contributed by atoms with E-state index in [1.54, 1.807) is 13.1 Å². The molecule has 0 bridgehead atoms. The Morgan fingerprint density at radius 2 is 2.80 bits per heavy atom. The number of rotatable bonds is 0. The van der Waals surface area contributed by atoms with Crippen molar-refractivity contribution in [3.63, 3.8) is 0 Å². The number of aromatic amines is 1. The molecule has 0 aromatic carbocycles. The second kappa shape index (κ2) is 0.968. The van der Waals surface area contributed by atoms with Gasteiger partial charge in [0.25, 0.3) is 0 Å². The van der Waals surface area contributed by atoms with Gasteiger partial charge in [-0.05, 0) is 0 Å². The Kier molecular flexibility index (Phi) is 0.496. The zero-order chi connectivity index (χ0) is 3.54. The van der Waals surface area contributed by atoms with Crippen LogP contribution in [0.1, 0.15) is 0 Å². The van der Waals surface area contributed by atoms with Gasteiger partial charge in [0.1, 0.15) is 0 Å². The summed E-state index contributed by atoms with van der Waals surface area (Å²) >= 11 is 0. The van der Waals surface area contributed by atoms with Crippen molar-refractivity contribution in [2.75, 3.05) is 0 Å². The van der Waals surface area contributed by atoms with E-state index in [9.17, 15) is 0 Å². The fourth-order valence-electron chi connectivity index (χ4n) is 0.167. The fraction of sp³-hybridized carbons (Fsp3) is 0. The van der Waals surface area contributed by atoms with Crippen LogP contribution >= 0.6 is 0 Å². The minimum atomic E-state index is 1.58. The van der Waals surface area contributed by atoms with E-state index in [0.717, 1.165) is 0 Å². The van der Waals surface area contributed by atoms with Gasteiger partial charge in [0.15, 0.2) is 0 Å². The minimum absolute atomic E-state index is 1.58. The zero-order valence-corrected chi connectivity index (χ0v) is 2.55. The quantitative estimate of drug-likeness (QED) is 0.429. The molecule has 0 fully saturated rings. The molecule has 0 radical (unpaired) electrons. The summed E-state index contributed by atoms with van der Waals surface area (Å²) in [6.07, 6.45) is 1.65. The summed E-state index contributed by atoms with van der Waals surface area (Å²) in [5.41, 5.74) is 0. The van der Waals surface area contributed by atoms with Crippen LogP contribution in [-0.4, -0.2) is 22.4 Å². The first-order chi connectivity index (χ1) is 2.50. The maximum absolute atomic E-state index is 3.42. The van der Waals surface area contributed by atoms with Crippen molar-refractivity contribution in [1.29, 1.82) is 0 Å². The van der Waals surface area contributed by atoms with Gasteiger partial charge in [0.05, 0.1) is 0 Å². The average molecular weight is 66.9 g/mol. The van der Waals surface area contributed by atoms with Crippen molar-refractivity contribution < 1.29 is 0 Å². The number of nitrogens with one attached hydrogen (secondary N) is 1. The van der Waals surface area contributed by atoms with Crippen LogP contribution in [0.2, 0.25) is 0 Å². The maximum atomic E-state index is 3.42. The summed E-state index contributed by atoms with van der Waals surface area (Å²) in [4.78, 5) is 0. The predicted molar refractivity (Wildman–Crippen MR) is 17.7 cm³/mol. The Morgan fingerprint density at radius 3 is 3.00 bits per heavy atom. The molecule has 4 heteroatoms. The summed E-state index contributed by atoms with van der Waals surface area (Å²) < 4.78 is 0. The van der Waals surface area contributed by atoms with E-state index in [1.165, 1.54) is 0 Å². The van der Waals surface area contributed by atoms with Gasteiger partial charge >= 0.3 is 28.5 Å². The van der Waals surface area contributed by atoms with Gasteiger partial charge in [0, 0.05) is 0 Å². The molecule has 3 nitrogen and oxygen atoms in total. The first-order valence-corrected chi connectivity index (χ1v) is 1.30. The van der Waals surface area contributed by atoms with Crippen LogP contribution in [0.4, 0.5) is 0 Å². The molecule has 0 unspecified atom stereocenters. The molecule has 1 rings (SSSR count). The molecule has 0 amide bonds. The fourth-order valence-corrected chi connectivity index (χ4v) is 0.167. The Labute approximate surface area is 29.6 Å². The monoisotopic (exact) mass is 67.0 g/mol. The number of H-pyrrole nitrogens is 1. The van der Waals surface area contributed by atoms with Gasteiger partial charge in [0.2, 0.25) is 0 Å². The molecule has 0 aliphatic heterocycles. The van der Waals surface area contributed by atoms with Crippen molar-refractivity contribution >= 4 is 7.05 Å². The van der Waals surface area contributed by atoms with Gasteiger partial charge < -0.3 is 0 Å². The molecular weight excluding hydrogens is 64.8 g/mol.